The average Bonchev–Trinajstić information content (AvgIpc) is 2.64. The quantitative estimate of drug-likeness (QED) is 0.769. The van der Waals surface area contributed by atoms with E-state index >= 15 is 0 Å². The lowest BCUT2D eigenvalue weighted by Crippen LogP contribution is -2.32. The van der Waals surface area contributed by atoms with Crippen molar-refractivity contribution < 1.29 is 9.53 Å². The molecule has 0 fully saturated rings. The standard InChI is InChI=1S/C19H20N4O2/c1-13(2)17(16-11-21-15-9-6-10-20-18(15)22-16)23-19(24)25-12-14-7-4-3-5-8-14/h3-11,13,17H,12H2,1-2H3,(H,23,24)/t17-/m0/s1. The number of ether oxygens (including phenoxy) is 1. The first-order valence-corrected chi connectivity index (χ1v) is 8.18. The zero-order chi connectivity index (χ0) is 17.6. The van der Waals surface area contributed by atoms with Crippen LogP contribution in [0.3, 0.4) is 0 Å². The molecular formula is C19H20N4O2. The maximum Gasteiger partial charge on any atom is 0.408 e. The van der Waals surface area contributed by atoms with E-state index in [1.165, 1.54) is 0 Å². The molecule has 25 heavy (non-hydrogen) atoms. The van der Waals surface area contributed by atoms with Gasteiger partial charge < -0.3 is 10.1 Å². The van der Waals surface area contributed by atoms with Crippen LogP contribution in [0.25, 0.3) is 11.2 Å². The lowest BCUT2D eigenvalue weighted by molar-refractivity contribution is 0.132. The Hall–Kier alpha value is -3.02. The van der Waals surface area contributed by atoms with E-state index in [0.717, 1.165) is 11.1 Å². The van der Waals surface area contributed by atoms with Gasteiger partial charge in [0.05, 0.1) is 17.9 Å². The third kappa shape index (κ3) is 4.29. The largest absolute Gasteiger partial charge is 0.445 e. The second kappa shape index (κ2) is 7.70. The van der Waals surface area contributed by atoms with Crippen molar-refractivity contribution in [2.24, 2.45) is 5.92 Å². The van der Waals surface area contributed by atoms with Gasteiger partial charge in [-0.1, -0.05) is 44.2 Å². The van der Waals surface area contributed by atoms with Crippen LogP contribution >= 0.6 is 0 Å². The second-order valence-electron chi connectivity index (χ2n) is 6.07. The minimum absolute atomic E-state index is 0.125. The van der Waals surface area contributed by atoms with E-state index in [-0.39, 0.29) is 18.6 Å². The van der Waals surface area contributed by atoms with Crippen LogP contribution in [0.4, 0.5) is 4.79 Å². The Bertz CT molecular complexity index is 852. The monoisotopic (exact) mass is 336 g/mol. The highest BCUT2D eigenvalue weighted by Crippen LogP contribution is 2.21. The summed E-state index contributed by atoms with van der Waals surface area (Å²) in [6, 6.07) is 12.9. The molecule has 0 aliphatic carbocycles. The van der Waals surface area contributed by atoms with Crippen molar-refractivity contribution >= 4 is 17.3 Å². The van der Waals surface area contributed by atoms with E-state index in [0.29, 0.717) is 11.3 Å². The fourth-order valence-corrected chi connectivity index (χ4v) is 2.49. The highest BCUT2D eigenvalue weighted by Gasteiger charge is 2.21. The number of hydrogen-bond acceptors (Lipinski definition) is 5. The summed E-state index contributed by atoms with van der Waals surface area (Å²) in [7, 11) is 0. The van der Waals surface area contributed by atoms with E-state index in [1.54, 1.807) is 12.4 Å². The van der Waals surface area contributed by atoms with E-state index in [9.17, 15) is 4.79 Å². The number of benzene rings is 1. The van der Waals surface area contributed by atoms with Gasteiger partial charge in [0.2, 0.25) is 0 Å². The van der Waals surface area contributed by atoms with Crippen molar-refractivity contribution in [3.05, 3.63) is 66.1 Å². The van der Waals surface area contributed by atoms with Crippen LogP contribution in [0.5, 0.6) is 0 Å². The van der Waals surface area contributed by atoms with Crippen molar-refractivity contribution in [1.82, 2.24) is 20.3 Å². The van der Waals surface area contributed by atoms with Crippen molar-refractivity contribution in [3.8, 4) is 0 Å². The number of nitrogens with one attached hydrogen (secondary N) is 1. The molecule has 0 aliphatic rings. The number of carbonyl (C=O) groups is 1. The Morgan fingerprint density at radius 2 is 1.92 bits per heavy atom. The van der Waals surface area contributed by atoms with Gasteiger partial charge in [-0.05, 0) is 23.6 Å². The second-order valence-corrected chi connectivity index (χ2v) is 6.07. The molecule has 0 radical (unpaired) electrons. The topological polar surface area (TPSA) is 77.0 Å². The van der Waals surface area contributed by atoms with Gasteiger partial charge in [-0.15, -0.1) is 0 Å². The maximum atomic E-state index is 12.2. The van der Waals surface area contributed by atoms with Crippen molar-refractivity contribution in [3.63, 3.8) is 0 Å². The molecule has 0 saturated heterocycles. The van der Waals surface area contributed by atoms with Gasteiger partial charge in [0, 0.05) is 6.20 Å². The number of amides is 1. The zero-order valence-electron chi connectivity index (χ0n) is 14.2. The lowest BCUT2D eigenvalue weighted by atomic mass is 10.0. The van der Waals surface area contributed by atoms with Crippen LogP contribution in [-0.4, -0.2) is 21.0 Å². The van der Waals surface area contributed by atoms with Crippen LogP contribution in [0.1, 0.15) is 31.1 Å². The molecule has 0 spiro atoms. The van der Waals surface area contributed by atoms with Crippen LogP contribution in [0.2, 0.25) is 0 Å². The Morgan fingerprint density at radius 3 is 2.68 bits per heavy atom. The number of fused-ring (bicyclic) bond motifs is 1. The molecule has 128 valence electrons. The van der Waals surface area contributed by atoms with E-state index in [1.807, 2.05) is 56.3 Å². The third-order valence-corrected chi connectivity index (χ3v) is 3.81. The number of hydrogen-bond donors (Lipinski definition) is 1. The first kappa shape index (κ1) is 16.8. The number of pyridine rings is 1. The van der Waals surface area contributed by atoms with Gasteiger partial charge in [0.1, 0.15) is 12.1 Å². The predicted octanol–water partition coefficient (Wildman–Crippen LogP) is 3.65. The van der Waals surface area contributed by atoms with Crippen LogP contribution in [-0.2, 0) is 11.3 Å². The molecule has 3 rings (SSSR count). The van der Waals surface area contributed by atoms with Crippen molar-refractivity contribution in [2.75, 3.05) is 0 Å². The molecule has 0 bridgehead atoms. The lowest BCUT2D eigenvalue weighted by Gasteiger charge is -2.21. The minimum atomic E-state index is -0.481. The van der Waals surface area contributed by atoms with Gasteiger partial charge in [-0.2, -0.15) is 0 Å². The Kier molecular flexibility index (Phi) is 5.18. The molecule has 6 nitrogen and oxygen atoms in total. The van der Waals surface area contributed by atoms with Crippen LogP contribution in [0.15, 0.2) is 54.9 Å². The minimum Gasteiger partial charge on any atom is -0.445 e. The molecule has 0 unspecified atom stereocenters. The summed E-state index contributed by atoms with van der Waals surface area (Å²) in [6.45, 7) is 4.24. The van der Waals surface area contributed by atoms with Crippen LogP contribution in [0, 0.1) is 5.92 Å². The molecule has 1 atom stereocenters. The van der Waals surface area contributed by atoms with E-state index < -0.39 is 6.09 Å². The van der Waals surface area contributed by atoms with Crippen LogP contribution < -0.4 is 5.32 Å². The number of carbonyl (C=O) groups excluding carboxylic acids is 1. The molecule has 0 aliphatic heterocycles. The summed E-state index contributed by atoms with van der Waals surface area (Å²) in [6.07, 6.45) is 2.87. The van der Waals surface area contributed by atoms with E-state index in [4.69, 9.17) is 4.74 Å². The third-order valence-electron chi connectivity index (χ3n) is 3.81. The summed E-state index contributed by atoms with van der Waals surface area (Å²) in [5.41, 5.74) is 2.89. The summed E-state index contributed by atoms with van der Waals surface area (Å²) in [4.78, 5) is 25.3. The Morgan fingerprint density at radius 1 is 1.12 bits per heavy atom. The molecule has 0 saturated carbocycles. The highest BCUT2D eigenvalue weighted by molar-refractivity contribution is 5.70. The number of aromatic nitrogens is 3. The van der Waals surface area contributed by atoms with Crippen molar-refractivity contribution in [1.29, 1.82) is 0 Å². The smallest absolute Gasteiger partial charge is 0.408 e. The van der Waals surface area contributed by atoms with Crippen molar-refractivity contribution in [2.45, 2.75) is 26.5 Å². The number of rotatable bonds is 5. The fraction of sp³-hybridized carbons (Fsp3) is 0.263. The normalized spacial score (nSPS) is 12.1. The molecule has 2 aromatic heterocycles. The van der Waals surface area contributed by atoms with Gasteiger partial charge in [0.25, 0.3) is 0 Å². The molecular weight excluding hydrogens is 316 g/mol. The summed E-state index contributed by atoms with van der Waals surface area (Å²) in [5, 5.41) is 2.88. The Balaban J connectivity index is 1.70. The number of alkyl carbamates (subject to hydrolysis) is 1. The molecule has 1 aromatic carbocycles. The van der Waals surface area contributed by atoms with Gasteiger partial charge in [-0.3, -0.25) is 4.98 Å². The molecule has 1 N–H and O–H groups in total. The molecule has 2 heterocycles. The summed E-state index contributed by atoms with van der Waals surface area (Å²) in [5.74, 6) is 0.125. The Labute approximate surface area is 146 Å². The first-order chi connectivity index (χ1) is 12.1. The number of nitrogens with zero attached hydrogens (tertiary/aromatic N) is 3. The van der Waals surface area contributed by atoms with Gasteiger partial charge in [0.15, 0.2) is 5.65 Å². The SMILES string of the molecule is CC(C)[C@H](NC(=O)OCc1ccccc1)c1cnc2cccnc2n1. The maximum absolute atomic E-state index is 12.2. The summed E-state index contributed by atoms with van der Waals surface area (Å²) < 4.78 is 5.30. The molecule has 1 amide bonds. The average molecular weight is 336 g/mol. The predicted molar refractivity (Wildman–Crippen MR) is 94.7 cm³/mol. The van der Waals surface area contributed by atoms with Gasteiger partial charge in [-0.25, -0.2) is 14.8 Å². The first-order valence-electron chi connectivity index (χ1n) is 8.18. The summed E-state index contributed by atoms with van der Waals surface area (Å²) >= 11 is 0. The fourth-order valence-electron chi connectivity index (χ4n) is 2.49. The van der Waals surface area contributed by atoms with E-state index in [2.05, 4.69) is 20.3 Å². The highest BCUT2D eigenvalue weighted by atomic mass is 16.5. The zero-order valence-corrected chi connectivity index (χ0v) is 14.2. The molecule has 6 heteroatoms. The van der Waals surface area contributed by atoms with Gasteiger partial charge >= 0.3 is 6.09 Å². The molecule has 3 aromatic rings.